The van der Waals surface area contributed by atoms with E-state index in [4.69, 9.17) is 0 Å². The average Bonchev–Trinajstić information content (AvgIpc) is 3.10. The molecule has 5 nitrogen and oxygen atoms in total. The van der Waals surface area contributed by atoms with Crippen molar-refractivity contribution in [2.45, 2.75) is 31.3 Å². The van der Waals surface area contributed by atoms with Crippen LogP contribution in [0.1, 0.15) is 23.1 Å². The first-order chi connectivity index (χ1) is 17.1. The lowest BCUT2D eigenvalue weighted by Gasteiger charge is -2.17. The third kappa shape index (κ3) is 6.31. The summed E-state index contributed by atoms with van der Waals surface area (Å²) < 4.78 is 52.2. The van der Waals surface area contributed by atoms with Crippen LogP contribution in [0.4, 0.5) is 28.9 Å². The minimum atomic E-state index is -4.54. The van der Waals surface area contributed by atoms with Gasteiger partial charge in [0.1, 0.15) is 11.1 Å². The number of rotatable bonds is 6. The molecule has 10 heteroatoms. The molecule has 3 aromatic carbocycles. The van der Waals surface area contributed by atoms with Gasteiger partial charge in [-0.1, -0.05) is 47.7 Å². The minimum absolute atomic E-state index is 0.0121. The van der Waals surface area contributed by atoms with Crippen LogP contribution in [0, 0.1) is 12.7 Å². The standard InChI is InChI=1S/C26H21F4N3O2S/c1-16-5-7-17(8-6-16)15-33-24(35)22(36-25(33)32-20-11-9-19(27)10-12-20)14-23(34)31-21-4-2-3-18(13-21)26(28,29)30/h2-13,22H,14-15H2,1H3,(H,31,34). The van der Waals surface area contributed by atoms with E-state index < -0.39 is 28.7 Å². The number of alkyl halides is 3. The van der Waals surface area contributed by atoms with Gasteiger partial charge in [0.15, 0.2) is 5.17 Å². The summed E-state index contributed by atoms with van der Waals surface area (Å²) in [5.74, 6) is -1.37. The molecule has 0 radical (unpaired) electrons. The molecule has 1 fully saturated rings. The second-order valence-electron chi connectivity index (χ2n) is 8.22. The zero-order valence-electron chi connectivity index (χ0n) is 19.1. The van der Waals surface area contributed by atoms with Crippen LogP contribution in [0.3, 0.4) is 0 Å². The lowest BCUT2D eigenvalue weighted by atomic mass is 10.1. The van der Waals surface area contributed by atoms with Crippen molar-refractivity contribution in [2.75, 3.05) is 5.32 Å². The normalized spacial score (nSPS) is 17.0. The SMILES string of the molecule is Cc1ccc(CN2C(=O)C(CC(=O)Nc3cccc(C(F)(F)F)c3)SC2=Nc2ccc(F)cc2)cc1. The van der Waals surface area contributed by atoms with E-state index in [9.17, 15) is 27.2 Å². The van der Waals surface area contributed by atoms with Crippen molar-refractivity contribution in [1.29, 1.82) is 0 Å². The van der Waals surface area contributed by atoms with Crippen molar-refractivity contribution in [1.82, 2.24) is 4.90 Å². The first kappa shape index (κ1) is 25.4. The van der Waals surface area contributed by atoms with Gasteiger partial charge >= 0.3 is 6.18 Å². The molecule has 1 heterocycles. The van der Waals surface area contributed by atoms with Crippen LogP contribution in [-0.4, -0.2) is 27.1 Å². The lowest BCUT2D eigenvalue weighted by molar-refractivity contribution is -0.137. The van der Waals surface area contributed by atoms with E-state index in [1.54, 1.807) is 0 Å². The molecule has 1 N–H and O–H groups in total. The van der Waals surface area contributed by atoms with Crippen molar-refractivity contribution in [3.05, 3.63) is 95.3 Å². The van der Waals surface area contributed by atoms with Crippen LogP contribution in [0.5, 0.6) is 0 Å². The van der Waals surface area contributed by atoms with Crippen LogP contribution >= 0.6 is 11.8 Å². The topological polar surface area (TPSA) is 61.8 Å². The first-order valence-corrected chi connectivity index (χ1v) is 11.8. The number of thioether (sulfide) groups is 1. The lowest BCUT2D eigenvalue weighted by Crippen LogP contribution is -2.33. The van der Waals surface area contributed by atoms with Gasteiger partial charge in [-0.05, 0) is 55.0 Å². The van der Waals surface area contributed by atoms with E-state index >= 15 is 0 Å². The monoisotopic (exact) mass is 515 g/mol. The number of aliphatic imine (C=N–C) groups is 1. The van der Waals surface area contributed by atoms with Gasteiger partial charge in [0.25, 0.3) is 0 Å². The number of carbonyl (C=O) groups excluding carboxylic acids is 2. The summed E-state index contributed by atoms with van der Waals surface area (Å²) in [6.07, 6.45) is -4.80. The van der Waals surface area contributed by atoms with E-state index in [1.165, 1.54) is 41.3 Å². The van der Waals surface area contributed by atoms with E-state index in [1.807, 2.05) is 31.2 Å². The molecule has 4 rings (SSSR count). The number of hydrogen-bond acceptors (Lipinski definition) is 4. The Kier molecular flexibility index (Phi) is 7.44. The van der Waals surface area contributed by atoms with Gasteiger partial charge in [0, 0.05) is 12.1 Å². The number of amides is 2. The molecule has 0 aromatic heterocycles. The molecule has 1 aliphatic heterocycles. The number of halogens is 4. The molecule has 1 aliphatic rings. The molecule has 0 aliphatic carbocycles. The maximum absolute atomic E-state index is 13.3. The van der Waals surface area contributed by atoms with Crippen LogP contribution in [0.2, 0.25) is 0 Å². The fourth-order valence-electron chi connectivity index (χ4n) is 3.53. The third-order valence-electron chi connectivity index (χ3n) is 5.38. The molecule has 1 saturated heterocycles. The number of nitrogens with zero attached hydrogens (tertiary/aromatic N) is 2. The van der Waals surface area contributed by atoms with Gasteiger partial charge in [0.2, 0.25) is 11.8 Å². The number of hydrogen-bond donors (Lipinski definition) is 1. The summed E-state index contributed by atoms with van der Waals surface area (Å²) in [5.41, 5.74) is 1.46. The molecule has 0 spiro atoms. The predicted molar refractivity (Wildman–Crippen MR) is 131 cm³/mol. The third-order valence-corrected chi connectivity index (χ3v) is 6.55. The Morgan fingerprint density at radius 3 is 2.42 bits per heavy atom. The summed E-state index contributed by atoms with van der Waals surface area (Å²) >= 11 is 1.09. The number of carbonyl (C=O) groups is 2. The first-order valence-electron chi connectivity index (χ1n) is 10.9. The number of aryl methyl sites for hydroxylation is 1. The van der Waals surface area contributed by atoms with E-state index in [0.29, 0.717) is 10.9 Å². The molecule has 2 amide bonds. The molecule has 0 saturated carbocycles. The van der Waals surface area contributed by atoms with Gasteiger partial charge in [-0.2, -0.15) is 13.2 Å². The number of amidine groups is 1. The fraction of sp³-hybridized carbons (Fsp3) is 0.192. The summed E-state index contributed by atoms with van der Waals surface area (Å²) in [5, 5.41) is 1.97. The molecular weight excluding hydrogens is 494 g/mol. The number of anilines is 1. The smallest absolute Gasteiger partial charge is 0.326 e. The van der Waals surface area contributed by atoms with E-state index in [-0.39, 0.29) is 24.6 Å². The van der Waals surface area contributed by atoms with Crippen molar-refractivity contribution in [3.8, 4) is 0 Å². The Morgan fingerprint density at radius 2 is 1.75 bits per heavy atom. The maximum Gasteiger partial charge on any atom is 0.416 e. The van der Waals surface area contributed by atoms with Crippen LogP contribution in [0.25, 0.3) is 0 Å². The second-order valence-corrected chi connectivity index (χ2v) is 9.39. The van der Waals surface area contributed by atoms with Crippen molar-refractivity contribution in [3.63, 3.8) is 0 Å². The molecule has 0 bridgehead atoms. The highest BCUT2D eigenvalue weighted by Gasteiger charge is 2.39. The minimum Gasteiger partial charge on any atom is -0.326 e. The van der Waals surface area contributed by atoms with Gasteiger partial charge < -0.3 is 5.32 Å². The average molecular weight is 516 g/mol. The zero-order valence-corrected chi connectivity index (χ0v) is 19.9. The Hall–Kier alpha value is -3.66. The van der Waals surface area contributed by atoms with E-state index in [2.05, 4.69) is 10.3 Å². The molecule has 3 aromatic rings. The quantitative estimate of drug-likeness (QED) is 0.391. The van der Waals surface area contributed by atoms with Crippen molar-refractivity contribution in [2.24, 2.45) is 4.99 Å². The van der Waals surface area contributed by atoms with Crippen molar-refractivity contribution >= 4 is 40.1 Å². The van der Waals surface area contributed by atoms with E-state index in [0.717, 1.165) is 35.0 Å². The molecule has 36 heavy (non-hydrogen) atoms. The summed E-state index contributed by atoms with van der Waals surface area (Å²) in [6, 6.07) is 17.4. The van der Waals surface area contributed by atoms with Crippen LogP contribution in [-0.2, 0) is 22.3 Å². The largest absolute Gasteiger partial charge is 0.416 e. The van der Waals surface area contributed by atoms with Gasteiger partial charge in [-0.15, -0.1) is 0 Å². The Labute approximate surface area is 209 Å². The maximum atomic E-state index is 13.3. The number of benzene rings is 3. The second kappa shape index (κ2) is 10.5. The summed E-state index contributed by atoms with van der Waals surface area (Å²) in [6.45, 7) is 2.17. The van der Waals surface area contributed by atoms with Crippen LogP contribution < -0.4 is 5.32 Å². The summed E-state index contributed by atoms with van der Waals surface area (Å²) in [4.78, 5) is 31.8. The molecule has 1 unspecified atom stereocenters. The highest BCUT2D eigenvalue weighted by atomic mass is 32.2. The highest BCUT2D eigenvalue weighted by Crippen LogP contribution is 2.34. The zero-order chi connectivity index (χ0) is 25.9. The van der Waals surface area contributed by atoms with Gasteiger partial charge in [-0.3, -0.25) is 14.5 Å². The Balaban J connectivity index is 1.53. The Morgan fingerprint density at radius 1 is 1.06 bits per heavy atom. The number of nitrogens with one attached hydrogen (secondary N) is 1. The molecule has 1 atom stereocenters. The van der Waals surface area contributed by atoms with Crippen LogP contribution in [0.15, 0.2) is 77.8 Å². The molecule has 186 valence electrons. The fourth-order valence-corrected chi connectivity index (χ4v) is 4.68. The highest BCUT2D eigenvalue weighted by molar-refractivity contribution is 8.15. The predicted octanol–water partition coefficient (Wildman–Crippen LogP) is 6.31. The van der Waals surface area contributed by atoms with Gasteiger partial charge in [0.05, 0.1) is 17.8 Å². The molecular formula is C26H21F4N3O2S. The Bertz CT molecular complexity index is 1290. The van der Waals surface area contributed by atoms with Crippen molar-refractivity contribution < 1.29 is 27.2 Å². The van der Waals surface area contributed by atoms with Gasteiger partial charge in [-0.25, -0.2) is 9.38 Å². The summed E-state index contributed by atoms with van der Waals surface area (Å²) in [7, 11) is 0.